The molecule has 1 saturated carbocycles. The van der Waals surface area contributed by atoms with Gasteiger partial charge in [0, 0.05) is 34.6 Å². The zero-order valence-corrected chi connectivity index (χ0v) is 19.5. The molecule has 3 aromatic rings. The van der Waals surface area contributed by atoms with Crippen molar-refractivity contribution in [1.82, 2.24) is 14.8 Å². The zero-order valence-electron chi connectivity index (χ0n) is 19.5. The number of piperazine rings is 1. The van der Waals surface area contributed by atoms with E-state index in [4.69, 9.17) is 9.47 Å². The molecule has 6 rings (SSSR count). The Morgan fingerprint density at radius 1 is 0.971 bits per heavy atom. The topological polar surface area (TPSA) is 74.9 Å². The molecule has 3 heterocycles. The molecule has 2 amide bonds. The van der Waals surface area contributed by atoms with E-state index in [1.165, 1.54) is 0 Å². The van der Waals surface area contributed by atoms with Gasteiger partial charge < -0.3 is 24.3 Å². The molecule has 3 aliphatic rings. The molecule has 1 aromatic heterocycles. The lowest BCUT2D eigenvalue weighted by Gasteiger charge is -2.48. The number of nitrogens with one attached hydrogen (secondary N) is 1. The Labute approximate surface area is 198 Å². The molecule has 176 valence electrons. The number of carbonyl (C=O) groups excluding carboxylic acids is 2. The first-order chi connectivity index (χ1) is 16.6. The summed E-state index contributed by atoms with van der Waals surface area (Å²) in [5.41, 5.74) is 3.86. The maximum atomic E-state index is 13.9. The van der Waals surface area contributed by atoms with Gasteiger partial charge in [0.15, 0.2) is 11.5 Å². The van der Waals surface area contributed by atoms with Crippen LogP contribution in [0.4, 0.5) is 0 Å². The maximum Gasteiger partial charge on any atom is 0.246 e. The number of hydrogen-bond donors (Lipinski definition) is 1. The van der Waals surface area contributed by atoms with Gasteiger partial charge in [0.2, 0.25) is 11.8 Å². The van der Waals surface area contributed by atoms with Gasteiger partial charge in [-0.3, -0.25) is 9.59 Å². The third-order valence-electron chi connectivity index (χ3n) is 7.79. The lowest BCUT2D eigenvalue weighted by molar-refractivity contribution is -0.160. The van der Waals surface area contributed by atoms with Crippen LogP contribution in [-0.2, 0) is 16.0 Å². The maximum absolute atomic E-state index is 13.9. The van der Waals surface area contributed by atoms with Gasteiger partial charge in [0.1, 0.15) is 18.6 Å². The van der Waals surface area contributed by atoms with Crippen molar-refractivity contribution < 1.29 is 19.1 Å². The van der Waals surface area contributed by atoms with Crippen LogP contribution in [0.3, 0.4) is 0 Å². The molecule has 2 aromatic carbocycles. The molecular formula is C27H29N3O4. The first-order valence-electron chi connectivity index (χ1n) is 12.0. The molecule has 7 heteroatoms. The normalized spacial score (nSPS) is 22.8. The average molecular weight is 460 g/mol. The quantitative estimate of drug-likeness (QED) is 0.644. The van der Waals surface area contributed by atoms with E-state index in [0.29, 0.717) is 17.9 Å². The number of benzene rings is 2. The number of aromatic nitrogens is 1. The lowest BCUT2D eigenvalue weighted by Crippen LogP contribution is -2.64. The number of amides is 2. The van der Waals surface area contributed by atoms with Crippen molar-refractivity contribution in [3.8, 4) is 11.5 Å². The van der Waals surface area contributed by atoms with Crippen LogP contribution in [0.5, 0.6) is 11.5 Å². The number of nitrogens with zero attached hydrogens (tertiary/aromatic N) is 2. The van der Waals surface area contributed by atoms with Crippen LogP contribution in [0.25, 0.3) is 10.9 Å². The average Bonchev–Trinajstić information content (AvgIpc) is 3.52. The number of para-hydroxylation sites is 2. The summed E-state index contributed by atoms with van der Waals surface area (Å²) in [6.45, 7) is 0.137. The molecular weight excluding hydrogens is 430 g/mol. The van der Waals surface area contributed by atoms with Gasteiger partial charge in [-0.1, -0.05) is 43.2 Å². The molecule has 2 aliphatic heterocycles. The fourth-order valence-corrected chi connectivity index (χ4v) is 6.26. The summed E-state index contributed by atoms with van der Waals surface area (Å²) in [4.78, 5) is 34.9. The number of aromatic amines is 1. The minimum atomic E-state index is -0.533. The van der Waals surface area contributed by atoms with E-state index in [0.717, 1.165) is 53.4 Å². The van der Waals surface area contributed by atoms with Gasteiger partial charge >= 0.3 is 0 Å². The molecule has 1 unspecified atom stereocenters. The van der Waals surface area contributed by atoms with Crippen LogP contribution >= 0.6 is 0 Å². The van der Waals surface area contributed by atoms with Crippen molar-refractivity contribution in [3.63, 3.8) is 0 Å². The van der Waals surface area contributed by atoms with Crippen LogP contribution in [-0.4, -0.2) is 59.4 Å². The van der Waals surface area contributed by atoms with E-state index in [1.807, 2.05) is 41.3 Å². The smallest absolute Gasteiger partial charge is 0.246 e. The van der Waals surface area contributed by atoms with Crippen molar-refractivity contribution in [3.05, 3.63) is 59.3 Å². The summed E-state index contributed by atoms with van der Waals surface area (Å²) in [5.74, 6) is 1.23. The predicted molar refractivity (Wildman–Crippen MR) is 128 cm³/mol. The molecule has 1 N–H and O–H groups in total. The summed E-state index contributed by atoms with van der Waals surface area (Å²) in [6.07, 6.45) is 4.71. The molecule has 7 nitrogen and oxygen atoms in total. The molecule has 0 spiro atoms. The third kappa shape index (κ3) is 3.02. The highest BCUT2D eigenvalue weighted by atomic mass is 16.5. The van der Waals surface area contributed by atoms with Crippen LogP contribution in [0.2, 0.25) is 0 Å². The second-order valence-corrected chi connectivity index (χ2v) is 9.47. The summed E-state index contributed by atoms with van der Waals surface area (Å²) in [6, 6.07) is 13.0. The molecule has 2 fully saturated rings. The Morgan fingerprint density at radius 3 is 2.53 bits per heavy atom. The fraction of sp³-hybridized carbons (Fsp3) is 0.407. The van der Waals surface area contributed by atoms with E-state index in [2.05, 4.69) is 11.1 Å². The predicted octanol–water partition coefficient (Wildman–Crippen LogP) is 3.81. The second-order valence-electron chi connectivity index (χ2n) is 9.47. The first-order valence-corrected chi connectivity index (χ1v) is 12.0. The van der Waals surface area contributed by atoms with Crippen LogP contribution < -0.4 is 9.47 Å². The number of carbonyl (C=O) groups is 2. The van der Waals surface area contributed by atoms with Gasteiger partial charge in [-0.25, -0.2) is 0 Å². The SMILES string of the molecule is COc1cccc(C2c3[nH]c4ccccc4c3C[C@@H]3C(=O)N(C4CCCC4)CC(=O)N23)c1OC. The minimum absolute atomic E-state index is 0.0179. The highest BCUT2D eigenvalue weighted by Gasteiger charge is 2.50. The van der Waals surface area contributed by atoms with E-state index >= 15 is 0 Å². The van der Waals surface area contributed by atoms with Gasteiger partial charge in [-0.05, 0) is 30.5 Å². The van der Waals surface area contributed by atoms with Crippen molar-refractivity contribution in [1.29, 1.82) is 0 Å². The fourth-order valence-electron chi connectivity index (χ4n) is 6.26. The monoisotopic (exact) mass is 459 g/mol. The summed E-state index contributed by atoms with van der Waals surface area (Å²) in [5, 5.41) is 1.10. The largest absolute Gasteiger partial charge is 0.493 e. The minimum Gasteiger partial charge on any atom is -0.493 e. The number of ether oxygens (including phenoxy) is 2. The van der Waals surface area contributed by atoms with Crippen LogP contribution in [0, 0.1) is 0 Å². The van der Waals surface area contributed by atoms with Crippen LogP contribution in [0.1, 0.15) is 48.5 Å². The third-order valence-corrected chi connectivity index (χ3v) is 7.79. The Hall–Kier alpha value is -3.48. The standard InChI is InChI=1S/C27H29N3O4/c1-33-22-13-7-11-18(26(22)34-2)25-24-19(17-10-5-6-12-20(17)28-24)14-21-27(32)29(15-23(31)30(21)25)16-8-3-4-9-16/h5-7,10-13,16,21,25,28H,3-4,8-9,14-15H2,1-2H3/t21-,25?/m1/s1. The Morgan fingerprint density at radius 2 is 1.76 bits per heavy atom. The van der Waals surface area contributed by atoms with Crippen molar-refractivity contribution in [2.24, 2.45) is 0 Å². The van der Waals surface area contributed by atoms with Crippen molar-refractivity contribution in [2.45, 2.75) is 50.2 Å². The van der Waals surface area contributed by atoms with E-state index in [9.17, 15) is 9.59 Å². The highest BCUT2D eigenvalue weighted by Crippen LogP contribution is 2.47. The number of hydrogen-bond acceptors (Lipinski definition) is 4. The van der Waals surface area contributed by atoms with Crippen molar-refractivity contribution in [2.75, 3.05) is 20.8 Å². The highest BCUT2D eigenvalue weighted by molar-refractivity contribution is 5.98. The van der Waals surface area contributed by atoms with Gasteiger partial charge in [0.25, 0.3) is 0 Å². The van der Waals surface area contributed by atoms with E-state index < -0.39 is 12.1 Å². The molecule has 0 radical (unpaired) electrons. The summed E-state index contributed by atoms with van der Waals surface area (Å²) in [7, 11) is 3.22. The zero-order chi connectivity index (χ0) is 23.4. The van der Waals surface area contributed by atoms with Crippen molar-refractivity contribution >= 4 is 22.7 Å². The van der Waals surface area contributed by atoms with E-state index in [-0.39, 0.29) is 24.4 Å². The number of methoxy groups -OCH3 is 2. The molecule has 1 aliphatic carbocycles. The number of fused-ring (bicyclic) bond motifs is 4. The lowest BCUT2D eigenvalue weighted by atomic mass is 9.85. The van der Waals surface area contributed by atoms with Gasteiger partial charge in [-0.2, -0.15) is 0 Å². The Bertz CT molecular complexity index is 1280. The van der Waals surface area contributed by atoms with Gasteiger partial charge in [-0.15, -0.1) is 0 Å². The van der Waals surface area contributed by atoms with Crippen LogP contribution in [0.15, 0.2) is 42.5 Å². The number of rotatable bonds is 4. The molecule has 1 saturated heterocycles. The van der Waals surface area contributed by atoms with E-state index in [1.54, 1.807) is 19.1 Å². The molecule has 0 bridgehead atoms. The molecule has 34 heavy (non-hydrogen) atoms. The summed E-state index contributed by atoms with van der Waals surface area (Å²) < 4.78 is 11.4. The van der Waals surface area contributed by atoms with Gasteiger partial charge in [0.05, 0.1) is 14.2 Å². The second kappa shape index (κ2) is 8.08. The first kappa shape index (κ1) is 21.1. The Balaban J connectivity index is 1.55. The number of H-pyrrole nitrogens is 1. The molecule has 2 atom stereocenters. The Kier molecular flexibility index (Phi) is 5.01. The summed E-state index contributed by atoms with van der Waals surface area (Å²) >= 11 is 0.